The summed E-state index contributed by atoms with van der Waals surface area (Å²) in [5.41, 5.74) is 4.18. The predicted molar refractivity (Wildman–Crippen MR) is 83.9 cm³/mol. The van der Waals surface area contributed by atoms with Crippen LogP contribution in [0.2, 0.25) is 0 Å². The second-order valence-corrected chi connectivity index (χ2v) is 5.74. The summed E-state index contributed by atoms with van der Waals surface area (Å²) < 4.78 is 2.93. The Labute approximate surface area is 126 Å². The minimum atomic E-state index is 0.747. The molecule has 1 aromatic carbocycles. The Morgan fingerprint density at radius 1 is 1.25 bits per heavy atom. The summed E-state index contributed by atoms with van der Waals surface area (Å²) in [6, 6.07) is 10.3. The van der Waals surface area contributed by atoms with Gasteiger partial charge in [0.1, 0.15) is 5.82 Å². The normalized spacial score (nSPS) is 10.9. The quantitative estimate of drug-likeness (QED) is 0.795. The number of nitrogens with one attached hydrogen (secondary N) is 1. The molecule has 5 heteroatoms. The molecule has 0 amide bonds. The molecule has 2 heterocycles. The minimum Gasteiger partial charge on any atom is -0.366 e. The maximum Gasteiger partial charge on any atom is 0.160 e. The fraction of sp³-hybridized carbons (Fsp3) is 0.200. The molecule has 0 spiro atoms. The van der Waals surface area contributed by atoms with Gasteiger partial charge in [-0.3, -0.25) is 0 Å². The van der Waals surface area contributed by atoms with Gasteiger partial charge in [0.15, 0.2) is 5.65 Å². The average Bonchev–Trinajstić information content (AvgIpc) is 2.78. The molecule has 0 saturated carbocycles. The molecule has 0 aliphatic rings. The van der Waals surface area contributed by atoms with Gasteiger partial charge in [-0.05, 0) is 31.5 Å². The maximum absolute atomic E-state index is 4.52. The summed E-state index contributed by atoms with van der Waals surface area (Å²) in [7, 11) is 0. The van der Waals surface area contributed by atoms with Crippen molar-refractivity contribution >= 4 is 27.4 Å². The van der Waals surface area contributed by atoms with Crippen LogP contribution >= 0.6 is 15.9 Å². The van der Waals surface area contributed by atoms with Gasteiger partial charge in [-0.15, -0.1) is 0 Å². The number of hydrogen-bond donors (Lipinski definition) is 1. The molecular formula is C15H15BrN4. The average molecular weight is 331 g/mol. The Bertz CT molecular complexity index is 764. The monoisotopic (exact) mass is 330 g/mol. The third kappa shape index (κ3) is 2.54. The van der Waals surface area contributed by atoms with E-state index in [-0.39, 0.29) is 0 Å². The smallest absolute Gasteiger partial charge is 0.160 e. The molecule has 2 aromatic heterocycles. The van der Waals surface area contributed by atoms with Crippen molar-refractivity contribution in [2.45, 2.75) is 20.4 Å². The number of rotatable bonds is 3. The number of fused-ring (bicyclic) bond motifs is 1. The molecule has 3 aromatic rings. The van der Waals surface area contributed by atoms with Crippen molar-refractivity contribution in [1.82, 2.24) is 14.6 Å². The van der Waals surface area contributed by atoms with Crippen molar-refractivity contribution in [1.29, 1.82) is 0 Å². The van der Waals surface area contributed by atoms with E-state index in [0.717, 1.165) is 33.7 Å². The summed E-state index contributed by atoms with van der Waals surface area (Å²) >= 11 is 3.49. The Kier molecular flexibility index (Phi) is 3.44. The van der Waals surface area contributed by atoms with Crippen LogP contribution in [-0.4, -0.2) is 14.6 Å². The van der Waals surface area contributed by atoms with Crippen LogP contribution in [0.4, 0.5) is 5.82 Å². The highest BCUT2D eigenvalue weighted by Gasteiger charge is 2.07. The molecule has 0 aliphatic carbocycles. The van der Waals surface area contributed by atoms with Crippen LogP contribution in [0.3, 0.4) is 0 Å². The number of hydrogen-bond acceptors (Lipinski definition) is 3. The van der Waals surface area contributed by atoms with Crippen LogP contribution in [0.1, 0.15) is 16.8 Å². The highest BCUT2D eigenvalue weighted by molar-refractivity contribution is 9.10. The second-order valence-electron chi connectivity index (χ2n) is 4.83. The van der Waals surface area contributed by atoms with Gasteiger partial charge in [0.05, 0.1) is 6.20 Å². The van der Waals surface area contributed by atoms with E-state index in [4.69, 9.17) is 0 Å². The zero-order valence-corrected chi connectivity index (χ0v) is 13.0. The van der Waals surface area contributed by atoms with Crippen molar-refractivity contribution in [2.24, 2.45) is 0 Å². The summed E-state index contributed by atoms with van der Waals surface area (Å²) in [5.74, 6) is 0.959. The third-order valence-electron chi connectivity index (χ3n) is 3.14. The molecule has 0 unspecified atom stereocenters. The van der Waals surface area contributed by atoms with Gasteiger partial charge in [-0.1, -0.05) is 28.1 Å². The van der Waals surface area contributed by atoms with Crippen LogP contribution < -0.4 is 5.32 Å². The van der Waals surface area contributed by atoms with Gasteiger partial charge in [0.25, 0.3) is 0 Å². The first-order chi connectivity index (χ1) is 9.63. The first-order valence-corrected chi connectivity index (χ1v) is 7.23. The lowest BCUT2D eigenvalue weighted by Crippen LogP contribution is -2.06. The van der Waals surface area contributed by atoms with E-state index in [1.165, 1.54) is 5.56 Å². The lowest BCUT2D eigenvalue weighted by Gasteiger charge is -2.10. The van der Waals surface area contributed by atoms with Crippen molar-refractivity contribution in [3.05, 3.63) is 57.8 Å². The lowest BCUT2D eigenvalue weighted by molar-refractivity contribution is 0.917. The van der Waals surface area contributed by atoms with Crippen molar-refractivity contribution in [2.75, 3.05) is 5.32 Å². The highest BCUT2D eigenvalue weighted by atomic mass is 79.9. The summed E-state index contributed by atoms with van der Waals surface area (Å²) in [5, 5.41) is 7.80. The van der Waals surface area contributed by atoms with E-state index < -0.39 is 0 Å². The standard InChI is InChI=1S/C15H15BrN4/c1-10-8-18-20-14(6-11(2)19-15(10)20)17-9-12-4-3-5-13(16)7-12/h3-8,17H,9H2,1-2H3. The number of aromatic nitrogens is 3. The fourth-order valence-electron chi connectivity index (χ4n) is 2.16. The molecule has 1 N–H and O–H groups in total. The molecule has 20 heavy (non-hydrogen) atoms. The molecule has 3 rings (SSSR count). The zero-order chi connectivity index (χ0) is 14.1. The van der Waals surface area contributed by atoms with Gasteiger partial charge >= 0.3 is 0 Å². The highest BCUT2D eigenvalue weighted by Crippen LogP contribution is 2.17. The molecule has 0 saturated heterocycles. The molecule has 0 radical (unpaired) electrons. The molecule has 0 fully saturated rings. The number of aryl methyl sites for hydroxylation is 2. The minimum absolute atomic E-state index is 0.747. The Balaban J connectivity index is 1.91. The number of nitrogens with zero attached hydrogens (tertiary/aromatic N) is 3. The van der Waals surface area contributed by atoms with Crippen LogP contribution in [-0.2, 0) is 6.54 Å². The van der Waals surface area contributed by atoms with Gasteiger partial charge < -0.3 is 5.32 Å². The van der Waals surface area contributed by atoms with Crippen LogP contribution in [0.5, 0.6) is 0 Å². The summed E-state index contributed by atoms with van der Waals surface area (Å²) in [4.78, 5) is 4.52. The van der Waals surface area contributed by atoms with Crippen molar-refractivity contribution < 1.29 is 0 Å². The van der Waals surface area contributed by atoms with E-state index >= 15 is 0 Å². The van der Waals surface area contributed by atoms with E-state index in [1.54, 1.807) is 0 Å². The van der Waals surface area contributed by atoms with Gasteiger partial charge in [-0.25, -0.2) is 4.98 Å². The summed E-state index contributed by atoms with van der Waals surface area (Å²) in [6.45, 7) is 4.76. The Hall–Kier alpha value is -1.88. The van der Waals surface area contributed by atoms with Gasteiger partial charge in [0, 0.05) is 28.3 Å². The predicted octanol–water partition coefficient (Wildman–Crippen LogP) is 3.72. The molecule has 4 nitrogen and oxygen atoms in total. The molecule has 0 aliphatic heterocycles. The van der Waals surface area contributed by atoms with Gasteiger partial charge in [-0.2, -0.15) is 9.61 Å². The van der Waals surface area contributed by atoms with Crippen LogP contribution in [0.15, 0.2) is 41.0 Å². The molecule has 0 atom stereocenters. The number of halogens is 1. The first kappa shape index (κ1) is 13.1. The first-order valence-electron chi connectivity index (χ1n) is 6.44. The van der Waals surface area contributed by atoms with Crippen molar-refractivity contribution in [3.8, 4) is 0 Å². The largest absolute Gasteiger partial charge is 0.366 e. The van der Waals surface area contributed by atoms with Gasteiger partial charge in [0.2, 0.25) is 0 Å². The Morgan fingerprint density at radius 3 is 2.90 bits per heavy atom. The maximum atomic E-state index is 4.52. The van der Waals surface area contributed by atoms with E-state index in [2.05, 4.69) is 43.5 Å². The topological polar surface area (TPSA) is 42.2 Å². The second kappa shape index (κ2) is 5.25. The Morgan fingerprint density at radius 2 is 2.10 bits per heavy atom. The fourth-order valence-corrected chi connectivity index (χ4v) is 2.61. The number of anilines is 1. The zero-order valence-electron chi connectivity index (χ0n) is 11.4. The molecule has 102 valence electrons. The molecule has 0 bridgehead atoms. The molecular weight excluding hydrogens is 316 g/mol. The van der Waals surface area contributed by atoms with Crippen LogP contribution in [0, 0.1) is 13.8 Å². The van der Waals surface area contributed by atoms with E-state index in [1.807, 2.05) is 42.8 Å². The lowest BCUT2D eigenvalue weighted by atomic mass is 10.2. The third-order valence-corrected chi connectivity index (χ3v) is 3.63. The van der Waals surface area contributed by atoms with E-state index in [9.17, 15) is 0 Å². The number of benzene rings is 1. The van der Waals surface area contributed by atoms with Crippen LogP contribution in [0.25, 0.3) is 5.65 Å². The van der Waals surface area contributed by atoms with E-state index in [0.29, 0.717) is 0 Å². The summed E-state index contributed by atoms with van der Waals surface area (Å²) in [6.07, 6.45) is 1.84. The SMILES string of the molecule is Cc1cc(NCc2cccc(Br)c2)n2ncc(C)c2n1. The van der Waals surface area contributed by atoms with Crippen molar-refractivity contribution in [3.63, 3.8) is 0 Å².